The van der Waals surface area contributed by atoms with Gasteiger partial charge >= 0.3 is 6.09 Å². The van der Waals surface area contributed by atoms with E-state index < -0.39 is 53.6 Å². The van der Waals surface area contributed by atoms with Gasteiger partial charge in [-0.15, -0.1) is 0 Å². The Bertz CT molecular complexity index is 888. The molecule has 0 bridgehead atoms. The van der Waals surface area contributed by atoms with Crippen molar-refractivity contribution in [2.45, 2.75) is 71.3 Å². The van der Waals surface area contributed by atoms with Gasteiger partial charge in [-0.3, -0.25) is 19.7 Å². The van der Waals surface area contributed by atoms with Crippen LogP contribution in [0, 0.1) is 5.92 Å². The summed E-state index contributed by atoms with van der Waals surface area (Å²) in [6.07, 6.45) is -1.75. The first-order chi connectivity index (χ1) is 15.7. The van der Waals surface area contributed by atoms with Crippen molar-refractivity contribution in [3.63, 3.8) is 0 Å². The van der Waals surface area contributed by atoms with Gasteiger partial charge in [0.1, 0.15) is 6.04 Å². The van der Waals surface area contributed by atoms with E-state index in [1.54, 1.807) is 39.1 Å². The summed E-state index contributed by atoms with van der Waals surface area (Å²) in [5, 5.41) is 10.5. The van der Waals surface area contributed by atoms with Crippen molar-refractivity contribution in [2.75, 3.05) is 12.4 Å². The van der Waals surface area contributed by atoms with Crippen molar-refractivity contribution < 1.29 is 23.9 Å². The van der Waals surface area contributed by atoms with Crippen molar-refractivity contribution in [1.29, 1.82) is 0 Å². The van der Waals surface area contributed by atoms with Gasteiger partial charge in [0.25, 0.3) is 0 Å². The second-order valence-corrected chi connectivity index (χ2v) is 9.11. The highest BCUT2D eigenvalue weighted by molar-refractivity contribution is 5.90. The van der Waals surface area contributed by atoms with Crippen molar-refractivity contribution >= 4 is 29.5 Å². The van der Waals surface area contributed by atoms with E-state index in [1.807, 2.05) is 19.9 Å². The molecule has 0 fully saturated rings. The topological polar surface area (TPSA) is 178 Å². The van der Waals surface area contributed by atoms with Gasteiger partial charge < -0.3 is 32.2 Å². The molecule has 0 aromatic heterocycles. The summed E-state index contributed by atoms with van der Waals surface area (Å²) < 4.78 is 5.19. The Morgan fingerprint density at radius 3 is 2.15 bits per heavy atom. The van der Waals surface area contributed by atoms with Crippen LogP contribution in [0.5, 0.6) is 0 Å². The lowest BCUT2D eigenvalue weighted by Crippen LogP contribution is -2.53. The highest BCUT2D eigenvalue weighted by atomic mass is 16.6. The van der Waals surface area contributed by atoms with Gasteiger partial charge in [-0.2, -0.15) is 0 Å². The molecule has 0 heterocycles. The molecule has 4 amide bonds. The lowest BCUT2D eigenvalue weighted by atomic mass is 9.77. The fraction of sp³-hybridized carbons (Fsp3) is 0.565. The first-order valence-corrected chi connectivity index (χ1v) is 11.1. The molecule has 0 aliphatic carbocycles. The molecule has 0 aliphatic rings. The Morgan fingerprint density at radius 1 is 1.00 bits per heavy atom. The molecule has 1 aromatic rings. The molecule has 0 radical (unpaired) electrons. The summed E-state index contributed by atoms with van der Waals surface area (Å²) in [4.78, 5) is 48.4. The van der Waals surface area contributed by atoms with E-state index in [4.69, 9.17) is 16.2 Å². The molecule has 11 nitrogen and oxygen atoms in total. The number of nitrogens with one attached hydrogen (secondary N) is 4. The van der Waals surface area contributed by atoms with Crippen molar-refractivity contribution in [1.82, 2.24) is 16.0 Å². The zero-order valence-corrected chi connectivity index (χ0v) is 20.9. The van der Waals surface area contributed by atoms with Crippen LogP contribution in [0.1, 0.15) is 47.1 Å². The highest BCUT2D eigenvalue weighted by Gasteiger charge is 2.34. The van der Waals surface area contributed by atoms with Gasteiger partial charge in [0.05, 0.1) is 12.1 Å². The van der Waals surface area contributed by atoms with Gasteiger partial charge in [0, 0.05) is 11.1 Å². The predicted octanol–water partition coefficient (Wildman–Crippen LogP) is 0.536. The molecule has 190 valence electrons. The molecular formula is C23H38N6O5. The molecular weight excluding hydrogens is 440 g/mol. The maximum atomic E-state index is 12.3. The number of hydrogen-bond acceptors (Lipinski definition) is 7. The summed E-state index contributed by atoms with van der Waals surface area (Å²) in [6, 6.07) is 4.72. The predicted molar refractivity (Wildman–Crippen MR) is 130 cm³/mol. The van der Waals surface area contributed by atoms with E-state index in [2.05, 4.69) is 21.3 Å². The molecule has 0 saturated carbocycles. The van der Waals surface area contributed by atoms with Gasteiger partial charge in [0.2, 0.25) is 17.7 Å². The Balaban J connectivity index is 2.71. The van der Waals surface area contributed by atoms with E-state index in [0.717, 1.165) is 5.56 Å². The van der Waals surface area contributed by atoms with Gasteiger partial charge in [-0.05, 0) is 44.5 Å². The number of hydrogen-bond donors (Lipinski definition) is 6. The van der Waals surface area contributed by atoms with E-state index in [1.165, 1.54) is 13.8 Å². The maximum absolute atomic E-state index is 12.3. The van der Waals surface area contributed by atoms with E-state index in [0.29, 0.717) is 5.69 Å². The van der Waals surface area contributed by atoms with Crippen LogP contribution in [0.25, 0.3) is 0 Å². The third-order valence-electron chi connectivity index (χ3n) is 5.55. The molecule has 11 heteroatoms. The van der Waals surface area contributed by atoms with Crippen LogP contribution < -0.4 is 32.7 Å². The lowest BCUT2D eigenvalue weighted by Gasteiger charge is -2.32. The second kappa shape index (κ2) is 12.3. The monoisotopic (exact) mass is 478 g/mol. The summed E-state index contributed by atoms with van der Waals surface area (Å²) >= 11 is 0. The molecule has 1 rings (SSSR count). The molecule has 0 spiro atoms. The van der Waals surface area contributed by atoms with Crippen molar-refractivity contribution in [3.05, 3.63) is 29.8 Å². The number of anilines is 1. The number of benzene rings is 1. The smallest absolute Gasteiger partial charge is 0.413 e. The van der Waals surface area contributed by atoms with E-state index in [9.17, 15) is 19.2 Å². The maximum Gasteiger partial charge on any atom is 0.413 e. The number of rotatable bonds is 11. The first kappa shape index (κ1) is 28.9. The van der Waals surface area contributed by atoms with E-state index in [-0.39, 0.29) is 5.92 Å². The van der Waals surface area contributed by atoms with Crippen LogP contribution in [0.15, 0.2) is 24.3 Å². The number of likely N-dealkylation sites (N-methyl/N-ethyl adjacent to an activating group) is 1. The zero-order chi connectivity index (χ0) is 26.2. The number of primary amides is 1. The van der Waals surface area contributed by atoms with Crippen LogP contribution in [0.4, 0.5) is 10.5 Å². The number of nitrogens with two attached hydrogens (primary N) is 2. The minimum Gasteiger partial charge on any atom is -0.426 e. The molecule has 0 saturated heterocycles. The van der Waals surface area contributed by atoms with Gasteiger partial charge in [-0.1, -0.05) is 39.8 Å². The largest absolute Gasteiger partial charge is 0.426 e. The van der Waals surface area contributed by atoms with Crippen molar-refractivity contribution in [3.8, 4) is 0 Å². The summed E-state index contributed by atoms with van der Waals surface area (Å²) in [7, 11) is 1.65. The van der Waals surface area contributed by atoms with Crippen molar-refractivity contribution in [2.24, 2.45) is 17.4 Å². The van der Waals surface area contributed by atoms with Gasteiger partial charge in [-0.25, -0.2) is 4.79 Å². The average Bonchev–Trinajstić information content (AvgIpc) is 2.72. The number of carbonyl (C=O) groups excluding carboxylic acids is 4. The Labute approximate surface area is 200 Å². The Hall–Kier alpha value is -3.18. The Morgan fingerprint density at radius 2 is 1.62 bits per heavy atom. The fourth-order valence-electron chi connectivity index (χ4n) is 3.36. The quantitative estimate of drug-likeness (QED) is 0.251. The zero-order valence-electron chi connectivity index (χ0n) is 20.9. The summed E-state index contributed by atoms with van der Waals surface area (Å²) in [6.45, 7) is 10.3. The number of carbonyl (C=O) groups is 4. The van der Waals surface area contributed by atoms with E-state index >= 15 is 0 Å². The molecule has 8 N–H and O–H groups in total. The van der Waals surface area contributed by atoms with Crippen LogP contribution in [-0.2, 0) is 24.5 Å². The average molecular weight is 479 g/mol. The SMILES string of the molecule is CN[C@H](C(N)=O)C(C)(C)c1cccc(NC(=O)OC(C)NC(=O)[C@H](C)NC(=O)[C@@H](N)C(C)C)c1. The van der Waals surface area contributed by atoms with Crippen LogP contribution in [-0.4, -0.2) is 55.2 Å². The summed E-state index contributed by atoms with van der Waals surface area (Å²) in [5.74, 6) is -1.54. The molecule has 0 aliphatic heterocycles. The third-order valence-corrected chi connectivity index (χ3v) is 5.55. The number of ether oxygens (including phenoxy) is 1. The first-order valence-electron chi connectivity index (χ1n) is 11.1. The lowest BCUT2D eigenvalue weighted by molar-refractivity contribution is -0.131. The third kappa shape index (κ3) is 7.99. The Kier molecular flexibility index (Phi) is 10.5. The molecule has 34 heavy (non-hydrogen) atoms. The van der Waals surface area contributed by atoms with Gasteiger partial charge in [0.15, 0.2) is 6.23 Å². The van der Waals surface area contributed by atoms with Crippen LogP contribution in [0.2, 0.25) is 0 Å². The number of amides is 4. The van der Waals surface area contributed by atoms with Crippen LogP contribution >= 0.6 is 0 Å². The minimum atomic E-state index is -0.964. The highest BCUT2D eigenvalue weighted by Crippen LogP contribution is 2.29. The standard InChI is InChI=1S/C23H38N6O5/c1-12(2)17(24)21(32)27-13(3)20(31)28-14(4)34-22(33)29-16-10-8-9-15(11-16)23(5,6)18(26-7)19(25)30/h8-14,17-18,26H,24H2,1-7H3,(H2,25,30)(H,27,32)(H,28,31)(H,29,33)/t13-,14?,17-,18+/m0/s1. The summed E-state index contributed by atoms with van der Waals surface area (Å²) in [5.41, 5.74) is 11.8. The normalized spacial score (nSPS) is 15.0. The molecule has 4 atom stereocenters. The minimum absolute atomic E-state index is 0.0785. The van der Waals surface area contributed by atoms with Crippen LogP contribution in [0.3, 0.4) is 0 Å². The molecule has 1 unspecified atom stereocenters. The second-order valence-electron chi connectivity index (χ2n) is 9.11. The molecule has 1 aromatic carbocycles. The fourth-order valence-corrected chi connectivity index (χ4v) is 3.36.